The predicted molar refractivity (Wildman–Crippen MR) is 109 cm³/mol. The molecule has 2 aromatic rings. The quantitative estimate of drug-likeness (QED) is 0.577. The Kier molecular flexibility index (Phi) is 6.63. The first kappa shape index (κ1) is 19.6. The molecule has 0 aliphatic heterocycles. The lowest BCUT2D eigenvalue weighted by atomic mass is 10.0. The molecule has 0 bridgehead atoms. The van der Waals surface area contributed by atoms with Crippen LogP contribution in [0.3, 0.4) is 0 Å². The van der Waals surface area contributed by atoms with Crippen LogP contribution in [0.25, 0.3) is 0 Å². The molecule has 3 rings (SSSR count). The van der Waals surface area contributed by atoms with Gasteiger partial charge in [0, 0.05) is 0 Å². The first-order valence-electron chi connectivity index (χ1n) is 9.30. The summed E-state index contributed by atoms with van der Waals surface area (Å²) in [6.45, 7) is 0. The number of hydrogen-bond acceptors (Lipinski definition) is 4. The second-order valence-corrected chi connectivity index (χ2v) is 9.24. The van der Waals surface area contributed by atoms with Crippen molar-refractivity contribution in [1.82, 2.24) is 0 Å². The molecule has 0 unspecified atom stereocenters. The van der Waals surface area contributed by atoms with E-state index in [0.29, 0.717) is 16.8 Å². The minimum atomic E-state index is -0.545. The number of hydrogen-bond donors (Lipinski definition) is 0. The van der Waals surface area contributed by atoms with Crippen LogP contribution < -0.4 is 10.6 Å². The second-order valence-electron chi connectivity index (χ2n) is 6.74. The molecule has 27 heavy (non-hydrogen) atoms. The standard InChI is InChI=1S/C22H25O4P/c1-25-21(23)16-8-12-19(13-9-16)27(18-6-4-3-5-7-18)20-14-10-17(11-15-20)22(24)26-2/h8-15,18H,3-7H2,1-2H3. The Labute approximate surface area is 161 Å². The third-order valence-electron chi connectivity index (χ3n) is 5.07. The third kappa shape index (κ3) is 4.56. The fourth-order valence-corrected chi connectivity index (χ4v) is 6.63. The zero-order chi connectivity index (χ0) is 19.2. The maximum Gasteiger partial charge on any atom is 0.337 e. The Bertz CT molecular complexity index is 717. The molecule has 0 heterocycles. The Morgan fingerprint density at radius 3 is 1.52 bits per heavy atom. The van der Waals surface area contributed by atoms with Crippen LogP contribution in [0.1, 0.15) is 52.8 Å². The largest absolute Gasteiger partial charge is 0.465 e. The molecule has 142 valence electrons. The highest BCUT2D eigenvalue weighted by molar-refractivity contribution is 7.73. The second kappa shape index (κ2) is 9.14. The molecule has 0 radical (unpaired) electrons. The van der Waals surface area contributed by atoms with Crippen LogP contribution >= 0.6 is 7.92 Å². The zero-order valence-electron chi connectivity index (χ0n) is 15.8. The van der Waals surface area contributed by atoms with E-state index in [9.17, 15) is 9.59 Å². The molecule has 5 heteroatoms. The number of carbonyl (C=O) groups excluding carboxylic acids is 2. The summed E-state index contributed by atoms with van der Waals surface area (Å²) in [4.78, 5) is 23.5. The zero-order valence-corrected chi connectivity index (χ0v) is 16.7. The van der Waals surface area contributed by atoms with Gasteiger partial charge in [0.2, 0.25) is 0 Å². The van der Waals surface area contributed by atoms with Crippen molar-refractivity contribution in [2.45, 2.75) is 37.8 Å². The molecule has 1 fully saturated rings. The average molecular weight is 384 g/mol. The molecule has 0 N–H and O–H groups in total. The van der Waals surface area contributed by atoms with Crippen molar-refractivity contribution in [1.29, 1.82) is 0 Å². The van der Waals surface area contributed by atoms with Gasteiger partial charge in [-0.05, 0) is 61.3 Å². The van der Waals surface area contributed by atoms with Gasteiger partial charge in [0.1, 0.15) is 0 Å². The Morgan fingerprint density at radius 1 is 0.741 bits per heavy atom. The number of carbonyl (C=O) groups is 2. The van der Waals surface area contributed by atoms with E-state index >= 15 is 0 Å². The van der Waals surface area contributed by atoms with Crippen molar-refractivity contribution in [2.75, 3.05) is 14.2 Å². The number of benzene rings is 2. The van der Waals surface area contributed by atoms with Gasteiger partial charge in [-0.25, -0.2) is 9.59 Å². The predicted octanol–water partition coefficient (Wildman–Crippen LogP) is 4.03. The van der Waals surface area contributed by atoms with Gasteiger partial charge >= 0.3 is 11.9 Å². The van der Waals surface area contributed by atoms with E-state index < -0.39 is 7.92 Å². The van der Waals surface area contributed by atoms with Crippen molar-refractivity contribution < 1.29 is 19.1 Å². The Morgan fingerprint density at radius 2 is 1.15 bits per heavy atom. The molecule has 1 aliphatic carbocycles. The van der Waals surface area contributed by atoms with Crippen molar-refractivity contribution in [3.8, 4) is 0 Å². The van der Waals surface area contributed by atoms with Crippen molar-refractivity contribution >= 4 is 30.5 Å². The molecule has 1 aliphatic rings. The Hall–Kier alpha value is -2.19. The molecule has 0 spiro atoms. The number of ether oxygens (including phenoxy) is 2. The monoisotopic (exact) mass is 384 g/mol. The SMILES string of the molecule is COC(=O)c1ccc(P(c2ccc(C(=O)OC)cc2)C2CCCCC2)cc1. The molecule has 0 atom stereocenters. The summed E-state index contributed by atoms with van der Waals surface area (Å²) < 4.78 is 9.61. The van der Waals surface area contributed by atoms with Crippen LogP contribution in [0, 0.1) is 0 Å². The minimum absolute atomic E-state index is 0.314. The molecule has 1 saturated carbocycles. The average Bonchev–Trinajstić information content (AvgIpc) is 2.74. The third-order valence-corrected chi connectivity index (χ3v) is 8.03. The van der Waals surface area contributed by atoms with Gasteiger partial charge in [0.15, 0.2) is 0 Å². The first-order chi connectivity index (χ1) is 13.1. The number of esters is 2. The van der Waals surface area contributed by atoms with E-state index in [1.165, 1.54) is 56.9 Å². The van der Waals surface area contributed by atoms with Gasteiger partial charge in [-0.2, -0.15) is 0 Å². The minimum Gasteiger partial charge on any atom is -0.465 e. The number of rotatable bonds is 5. The molecule has 2 aromatic carbocycles. The normalized spacial score (nSPS) is 14.8. The highest BCUT2D eigenvalue weighted by atomic mass is 31.1. The maximum atomic E-state index is 11.7. The van der Waals surface area contributed by atoms with Crippen molar-refractivity contribution in [2.24, 2.45) is 0 Å². The van der Waals surface area contributed by atoms with Crippen LogP contribution in [-0.4, -0.2) is 31.8 Å². The first-order valence-corrected chi connectivity index (χ1v) is 10.7. The topological polar surface area (TPSA) is 52.6 Å². The van der Waals surface area contributed by atoms with Crippen LogP contribution in [0.4, 0.5) is 0 Å². The summed E-state index contributed by atoms with van der Waals surface area (Å²) >= 11 is 0. The van der Waals surface area contributed by atoms with Crippen LogP contribution in [-0.2, 0) is 9.47 Å². The molecular formula is C22H25O4P. The number of methoxy groups -OCH3 is 2. The summed E-state index contributed by atoms with van der Waals surface area (Å²) in [7, 11) is 2.25. The summed E-state index contributed by atoms with van der Waals surface area (Å²) in [6.07, 6.45) is 6.29. The fraction of sp³-hybridized carbons (Fsp3) is 0.364. The van der Waals surface area contributed by atoms with Gasteiger partial charge in [-0.3, -0.25) is 0 Å². The van der Waals surface area contributed by atoms with E-state index in [-0.39, 0.29) is 11.9 Å². The molecular weight excluding hydrogens is 359 g/mol. The van der Waals surface area contributed by atoms with Crippen LogP contribution in [0.15, 0.2) is 48.5 Å². The fourth-order valence-electron chi connectivity index (χ4n) is 3.66. The van der Waals surface area contributed by atoms with Crippen molar-refractivity contribution in [3.05, 3.63) is 59.7 Å². The van der Waals surface area contributed by atoms with E-state index in [2.05, 4.69) is 24.3 Å². The van der Waals surface area contributed by atoms with Gasteiger partial charge < -0.3 is 9.47 Å². The lowest BCUT2D eigenvalue weighted by Gasteiger charge is -2.31. The summed E-state index contributed by atoms with van der Waals surface area (Å²) in [6, 6.07) is 15.6. The summed E-state index contributed by atoms with van der Waals surface area (Å²) in [5.41, 5.74) is 1.77. The van der Waals surface area contributed by atoms with E-state index in [1.54, 1.807) is 0 Å². The van der Waals surface area contributed by atoms with E-state index in [1.807, 2.05) is 24.3 Å². The van der Waals surface area contributed by atoms with E-state index in [4.69, 9.17) is 9.47 Å². The van der Waals surface area contributed by atoms with Gasteiger partial charge in [0.25, 0.3) is 0 Å². The molecule has 0 amide bonds. The van der Waals surface area contributed by atoms with Gasteiger partial charge in [0.05, 0.1) is 25.3 Å². The lowest BCUT2D eigenvalue weighted by molar-refractivity contribution is 0.0592. The molecule has 4 nitrogen and oxygen atoms in total. The maximum absolute atomic E-state index is 11.7. The Balaban J connectivity index is 1.93. The van der Waals surface area contributed by atoms with Gasteiger partial charge in [-0.1, -0.05) is 43.5 Å². The van der Waals surface area contributed by atoms with Crippen LogP contribution in [0.5, 0.6) is 0 Å². The van der Waals surface area contributed by atoms with Crippen molar-refractivity contribution in [3.63, 3.8) is 0 Å². The summed E-state index contributed by atoms with van der Waals surface area (Å²) in [5.74, 6) is -0.628. The van der Waals surface area contributed by atoms with E-state index in [0.717, 1.165) is 0 Å². The highest BCUT2D eigenvalue weighted by Crippen LogP contribution is 2.46. The van der Waals surface area contributed by atoms with Crippen LogP contribution in [0.2, 0.25) is 0 Å². The molecule has 0 aromatic heterocycles. The smallest absolute Gasteiger partial charge is 0.337 e. The highest BCUT2D eigenvalue weighted by Gasteiger charge is 2.26. The van der Waals surface area contributed by atoms with Gasteiger partial charge in [-0.15, -0.1) is 0 Å². The summed E-state index contributed by atoms with van der Waals surface area (Å²) in [5, 5.41) is 2.52. The lowest BCUT2D eigenvalue weighted by Crippen LogP contribution is -2.24. The molecule has 0 saturated heterocycles.